The number of ketones is 1. The molecule has 4 nitrogen and oxygen atoms in total. The average Bonchev–Trinajstić information content (AvgIpc) is 2.14. The van der Waals surface area contributed by atoms with Gasteiger partial charge in [0.05, 0.1) is 5.56 Å². The quantitative estimate of drug-likeness (QED) is 0.798. The Bertz CT molecular complexity index is 443. The van der Waals surface area contributed by atoms with Gasteiger partial charge in [0.2, 0.25) is 0 Å². The van der Waals surface area contributed by atoms with E-state index in [0.717, 1.165) is 13.0 Å². The van der Waals surface area contributed by atoms with Crippen molar-refractivity contribution >= 4 is 11.8 Å². The Hall–Kier alpha value is -1.98. The highest BCUT2D eigenvalue weighted by atomic mass is 19.1. The van der Waals surface area contributed by atoms with Gasteiger partial charge in [0.25, 0.3) is 0 Å². The molecule has 0 amide bonds. The number of halogens is 2. The molecule has 1 aromatic carbocycles. The molecule has 0 aliphatic rings. The fourth-order valence-corrected chi connectivity index (χ4v) is 1.10. The molecule has 0 unspecified atom stereocenters. The highest BCUT2D eigenvalue weighted by Gasteiger charge is 2.17. The number of rotatable bonds is 4. The fraction of sp³-hybridized carbons (Fsp3) is 0.200. The lowest BCUT2D eigenvalue weighted by atomic mass is 10.1. The van der Waals surface area contributed by atoms with Crippen LogP contribution in [0.5, 0.6) is 5.75 Å². The first-order valence-corrected chi connectivity index (χ1v) is 4.26. The number of Topliss-reactive ketones (excluding diaryl/α,β-unsaturated/α-hetero) is 1. The molecule has 1 aromatic rings. The van der Waals surface area contributed by atoms with E-state index in [4.69, 9.17) is 5.11 Å². The predicted octanol–water partition coefficient (Wildman–Crippen LogP) is 1.63. The smallest absolute Gasteiger partial charge is 0.341 e. The summed E-state index contributed by atoms with van der Waals surface area (Å²) < 4.78 is 30.6. The third-order valence-electron chi connectivity index (χ3n) is 1.73. The van der Waals surface area contributed by atoms with Gasteiger partial charge in [0.15, 0.2) is 24.0 Å². The maximum absolute atomic E-state index is 13.2. The van der Waals surface area contributed by atoms with Crippen molar-refractivity contribution in [2.24, 2.45) is 0 Å². The third-order valence-corrected chi connectivity index (χ3v) is 1.73. The van der Waals surface area contributed by atoms with E-state index in [2.05, 4.69) is 4.74 Å². The molecule has 1 N–H and O–H groups in total. The zero-order chi connectivity index (χ0) is 12.3. The molecule has 0 bridgehead atoms. The van der Waals surface area contributed by atoms with Gasteiger partial charge in [-0.2, -0.15) is 0 Å². The highest BCUT2D eigenvalue weighted by molar-refractivity contribution is 5.97. The first kappa shape index (κ1) is 12.1. The molecule has 0 aliphatic heterocycles. The lowest BCUT2D eigenvalue weighted by Crippen LogP contribution is -2.13. The molecule has 0 spiro atoms. The summed E-state index contributed by atoms with van der Waals surface area (Å²) in [4.78, 5) is 21.3. The minimum absolute atomic E-state index is 0.321. The molecule has 0 fully saturated rings. The Balaban J connectivity index is 3.14. The summed E-state index contributed by atoms with van der Waals surface area (Å²) in [6.07, 6.45) is 0. The molecule has 0 heterocycles. The van der Waals surface area contributed by atoms with Crippen molar-refractivity contribution in [3.05, 3.63) is 29.3 Å². The van der Waals surface area contributed by atoms with Crippen LogP contribution in [0.2, 0.25) is 0 Å². The van der Waals surface area contributed by atoms with Gasteiger partial charge in [-0.25, -0.2) is 13.6 Å². The van der Waals surface area contributed by atoms with E-state index in [1.807, 2.05) is 0 Å². The SMILES string of the molecule is CC(=O)c1cc(F)cc(F)c1OCC(=O)O. The second-order valence-corrected chi connectivity index (χ2v) is 3.00. The van der Waals surface area contributed by atoms with Crippen LogP contribution in [0.4, 0.5) is 8.78 Å². The summed E-state index contributed by atoms with van der Waals surface area (Å²) in [6.45, 7) is 0.296. The van der Waals surface area contributed by atoms with Crippen molar-refractivity contribution in [2.75, 3.05) is 6.61 Å². The topological polar surface area (TPSA) is 63.6 Å². The Morgan fingerprint density at radius 2 is 2.00 bits per heavy atom. The maximum atomic E-state index is 13.2. The first-order valence-electron chi connectivity index (χ1n) is 4.26. The van der Waals surface area contributed by atoms with Crippen molar-refractivity contribution in [1.29, 1.82) is 0 Å². The van der Waals surface area contributed by atoms with Gasteiger partial charge in [-0.15, -0.1) is 0 Å². The largest absolute Gasteiger partial charge is 0.479 e. The summed E-state index contributed by atoms with van der Waals surface area (Å²) in [5.74, 6) is -4.51. The fourth-order valence-electron chi connectivity index (χ4n) is 1.10. The highest BCUT2D eigenvalue weighted by Crippen LogP contribution is 2.24. The number of hydrogen-bond donors (Lipinski definition) is 1. The Kier molecular flexibility index (Phi) is 3.55. The number of carbonyl (C=O) groups is 2. The third kappa shape index (κ3) is 2.75. The van der Waals surface area contributed by atoms with E-state index < -0.39 is 35.7 Å². The van der Waals surface area contributed by atoms with Crippen LogP contribution in [0.25, 0.3) is 0 Å². The standard InChI is InChI=1S/C10H8F2O4/c1-5(13)7-2-6(11)3-8(12)10(7)16-4-9(14)15/h2-3H,4H2,1H3,(H,14,15). The second-order valence-electron chi connectivity index (χ2n) is 3.00. The molecule has 0 radical (unpaired) electrons. The molecule has 6 heteroatoms. The number of carboxylic acid groups (broad SMARTS) is 1. The van der Waals surface area contributed by atoms with Gasteiger partial charge in [0, 0.05) is 6.07 Å². The van der Waals surface area contributed by atoms with Crippen molar-refractivity contribution in [2.45, 2.75) is 6.92 Å². The van der Waals surface area contributed by atoms with Crippen molar-refractivity contribution in [1.82, 2.24) is 0 Å². The van der Waals surface area contributed by atoms with E-state index in [0.29, 0.717) is 6.07 Å². The molecule has 0 aromatic heterocycles. The Morgan fingerprint density at radius 3 is 2.50 bits per heavy atom. The van der Waals surface area contributed by atoms with Gasteiger partial charge < -0.3 is 9.84 Å². The van der Waals surface area contributed by atoms with Crippen LogP contribution in [0.3, 0.4) is 0 Å². The van der Waals surface area contributed by atoms with Crippen molar-refractivity contribution in [3.63, 3.8) is 0 Å². The van der Waals surface area contributed by atoms with Crippen LogP contribution in [-0.2, 0) is 4.79 Å². The van der Waals surface area contributed by atoms with Crippen LogP contribution < -0.4 is 4.74 Å². The second kappa shape index (κ2) is 4.69. The van der Waals surface area contributed by atoms with Gasteiger partial charge in [-0.3, -0.25) is 4.79 Å². The molecule has 0 aliphatic carbocycles. The summed E-state index contributed by atoms with van der Waals surface area (Å²) in [6, 6.07) is 1.31. The van der Waals surface area contributed by atoms with E-state index >= 15 is 0 Å². The van der Waals surface area contributed by atoms with Gasteiger partial charge >= 0.3 is 5.97 Å². The van der Waals surface area contributed by atoms with E-state index in [-0.39, 0.29) is 5.56 Å². The van der Waals surface area contributed by atoms with E-state index in [9.17, 15) is 18.4 Å². The average molecular weight is 230 g/mol. The lowest BCUT2D eigenvalue weighted by Gasteiger charge is -2.08. The van der Waals surface area contributed by atoms with E-state index in [1.54, 1.807) is 0 Å². The van der Waals surface area contributed by atoms with Gasteiger partial charge in [-0.1, -0.05) is 0 Å². The van der Waals surface area contributed by atoms with Crippen LogP contribution in [0, 0.1) is 11.6 Å². The van der Waals surface area contributed by atoms with Crippen LogP contribution in [-0.4, -0.2) is 23.5 Å². The predicted molar refractivity (Wildman–Crippen MR) is 49.5 cm³/mol. The zero-order valence-electron chi connectivity index (χ0n) is 8.29. The number of carbonyl (C=O) groups excluding carboxylic acids is 1. The minimum Gasteiger partial charge on any atom is -0.479 e. The molecule has 86 valence electrons. The molecule has 0 saturated heterocycles. The van der Waals surface area contributed by atoms with Gasteiger partial charge in [0.1, 0.15) is 5.82 Å². The van der Waals surface area contributed by atoms with Gasteiger partial charge in [-0.05, 0) is 13.0 Å². The summed E-state index contributed by atoms with van der Waals surface area (Å²) in [7, 11) is 0. The Morgan fingerprint density at radius 1 is 1.38 bits per heavy atom. The molecule has 0 saturated carbocycles. The van der Waals surface area contributed by atoms with Crippen LogP contribution in [0.1, 0.15) is 17.3 Å². The maximum Gasteiger partial charge on any atom is 0.341 e. The molecular formula is C10H8F2O4. The minimum atomic E-state index is -1.32. The van der Waals surface area contributed by atoms with E-state index in [1.165, 1.54) is 0 Å². The van der Waals surface area contributed by atoms with Crippen LogP contribution in [0.15, 0.2) is 12.1 Å². The number of carboxylic acids is 1. The molecule has 1 rings (SSSR count). The monoisotopic (exact) mass is 230 g/mol. The number of aliphatic carboxylic acids is 1. The normalized spacial score (nSPS) is 9.94. The van der Waals surface area contributed by atoms with Crippen LogP contribution >= 0.6 is 0 Å². The molecule has 0 atom stereocenters. The lowest BCUT2D eigenvalue weighted by molar-refractivity contribution is -0.139. The first-order chi connectivity index (χ1) is 7.41. The van der Waals surface area contributed by atoms with Crippen molar-refractivity contribution < 1.29 is 28.2 Å². The summed E-state index contributed by atoms with van der Waals surface area (Å²) in [5, 5.41) is 8.34. The number of hydrogen-bond acceptors (Lipinski definition) is 3. The molecular weight excluding hydrogens is 222 g/mol. The number of ether oxygens (including phenoxy) is 1. The zero-order valence-corrected chi connectivity index (χ0v) is 8.29. The Labute approximate surface area is 89.5 Å². The van der Waals surface area contributed by atoms with Crippen molar-refractivity contribution in [3.8, 4) is 5.75 Å². The molecule has 16 heavy (non-hydrogen) atoms. The number of benzene rings is 1. The summed E-state index contributed by atoms with van der Waals surface area (Å²) in [5.41, 5.74) is -0.321. The summed E-state index contributed by atoms with van der Waals surface area (Å²) >= 11 is 0.